The average Bonchev–Trinajstić information content (AvgIpc) is 2.84. The van der Waals surface area contributed by atoms with Crippen molar-refractivity contribution in [1.29, 1.82) is 0 Å². The molecule has 2 aromatic rings. The van der Waals surface area contributed by atoms with Gasteiger partial charge in [-0.1, -0.05) is 48.5 Å². The molecule has 0 saturated carbocycles. The van der Waals surface area contributed by atoms with E-state index in [4.69, 9.17) is 0 Å². The summed E-state index contributed by atoms with van der Waals surface area (Å²) < 4.78 is 26.5. The van der Waals surface area contributed by atoms with Crippen molar-refractivity contribution in [2.75, 3.05) is 0 Å². The first kappa shape index (κ1) is 17.0. The van der Waals surface area contributed by atoms with E-state index in [1.165, 1.54) is 0 Å². The highest BCUT2D eigenvalue weighted by Gasteiger charge is 2.35. The quantitative estimate of drug-likeness (QED) is 0.792. The van der Waals surface area contributed by atoms with Crippen molar-refractivity contribution in [3.63, 3.8) is 0 Å². The molecular formula is C22H20O3S. The summed E-state index contributed by atoms with van der Waals surface area (Å²) in [5.41, 5.74) is 3.28. The Hall–Kier alpha value is -2.46. The first-order chi connectivity index (χ1) is 12.6. The van der Waals surface area contributed by atoms with E-state index in [-0.39, 0.29) is 12.2 Å². The molecule has 4 heteroatoms. The Labute approximate surface area is 154 Å². The van der Waals surface area contributed by atoms with Gasteiger partial charge in [0.25, 0.3) is 0 Å². The van der Waals surface area contributed by atoms with Gasteiger partial charge in [0.1, 0.15) is 0 Å². The summed E-state index contributed by atoms with van der Waals surface area (Å²) >= 11 is 0. The minimum atomic E-state index is -3.58. The van der Waals surface area contributed by atoms with Gasteiger partial charge in [-0.15, -0.1) is 0 Å². The van der Waals surface area contributed by atoms with E-state index >= 15 is 0 Å². The van der Waals surface area contributed by atoms with E-state index in [2.05, 4.69) is 0 Å². The summed E-state index contributed by atoms with van der Waals surface area (Å²) in [6.07, 6.45) is 3.19. The number of sulfone groups is 1. The van der Waals surface area contributed by atoms with Gasteiger partial charge in [0, 0.05) is 12.0 Å². The van der Waals surface area contributed by atoms with Crippen molar-refractivity contribution in [2.24, 2.45) is 0 Å². The van der Waals surface area contributed by atoms with Crippen LogP contribution in [0.25, 0.3) is 5.57 Å². The number of carbonyl (C=O) groups excluding carboxylic acids is 1. The van der Waals surface area contributed by atoms with Crippen LogP contribution in [0.4, 0.5) is 0 Å². The lowest BCUT2D eigenvalue weighted by atomic mass is 9.98. The van der Waals surface area contributed by atoms with Gasteiger partial charge in [0.05, 0.1) is 9.80 Å². The Morgan fingerprint density at radius 2 is 1.35 bits per heavy atom. The molecule has 0 heterocycles. The molecule has 0 radical (unpaired) electrons. The summed E-state index contributed by atoms with van der Waals surface area (Å²) in [6.45, 7) is 0. The average molecular weight is 364 g/mol. The SMILES string of the molecule is O=C1CC2=C(S(=O)(=O)c3ccccc3)CCCCC2=C1c1ccccc1. The fourth-order valence-electron chi connectivity index (χ4n) is 3.93. The molecule has 0 aromatic heterocycles. The lowest BCUT2D eigenvalue weighted by Crippen LogP contribution is -2.08. The van der Waals surface area contributed by atoms with Crippen LogP contribution in [0.2, 0.25) is 0 Å². The first-order valence-electron chi connectivity index (χ1n) is 8.93. The molecule has 0 fully saturated rings. The molecule has 2 aliphatic carbocycles. The van der Waals surface area contributed by atoms with E-state index < -0.39 is 9.84 Å². The van der Waals surface area contributed by atoms with Crippen LogP contribution >= 0.6 is 0 Å². The lowest BCUT2D eigenvalue weighted by molar-refractivity contribution is -0.112. The summed E-state index contributed by atoms with van der Waals surface area (Å²) in [7, 11) is -3.58. The second kappa shape index (κ2) is 6.69. The van der Waals surface area contributed by atoms with Gasteiger partial charge in [-0.3, -0.25) is 4.79 Å². The van der Waals surface area contributed by atoms with Gasteiger partial charge in [-0.2, -0.15) is 0 Å². The number of benzene rings is 2. The Bertz CT molecular complexity index is 1010. The number of hydrogen-bond donors (Lipinski definition) is 0. The molecule has 0 N–H and O–H groups in total. The zero-order valence-corrected chi connectivity index (χ0v) is 15.3. The first-order valence-corrected chi connectivity index (χ1v) is 10.4. The number of carbonyl (C=O) groups is 1. The molecule has 0 atom stereocenters. The van der Waals surface area contributed by atoms with E-state index in [0.29, 0.717) is 21.8 Å². The molecule has 0 amide bonds. The van der Waals surface area contributed by atoms with Crippen molar-refractivity contribution in [3.05, 3.63) is 82.3 Å². The molecule has 0 spiro atoms. The van der Waals surface area contributed by atoms with Crippen LogP contribution in [-0.4, -0.2) is 14.2 Å². The van der Waals surface area contributed by atoms with Crippen LogP contribution in [0.1, 0.15) is 37.7 Å². The summed E-state index contributed by atoms with van der Waals surface area (Å²) in [5.74, 6) is 0.0314. The lowest BCUT2D eigenvalue weighted by Gasteiger charge is -2.12. The fourth-order valence-corrected chi connectivity index (χ4v) is 5.67. The molecule has 132 valence electrons. The molecule has 3 nitrogen and oxygen atoms in total. The molecule has 0 bridgehead atoms. The number of fused-ring (bicyclic) bond motifs is 1. The number of Topliss-reactive ketones (excluding diaryl/α,β-unsaturated/α-hetero) is 1. The third kappa shape index (κ3) is 2.84. The van der Waals surface area contributed by atoms with Crippen LogP contribution in [0, 0.1) is 0 Å². The minimum absolute atomic E-state index is 0.0314. The monoisotopic (exact) mass is 364 g/mol. The van der Waals surface area contributed by atoms with Crippen molar-refractivity contribution >= 4 is 21.2 Å². The molecule has 4 rings (SSSR count). The molecule has 2 aromatic carbocycles. The van der Waals surface area contributed by atoms with Crippen molar-refractivity contribution in [1.82, 2.24) is 0 Å². The summed E-state index contributed by atoms with van der Waals surface area (Å²) in [6, 6.07) is 18.1. The van der Waals surface area contributed by atoms with E-state index in [1.807, 2.05) is 36.4 Å². The Morgan fingerprint density at radius 3 is 2.04 bits per heavy atom. The zero-order valence-electron chi connectivity index (χ0n) is 14.4. The number of rotatable bonds is 3. The number of allylic oxidation sites excluding steroid dienone is 4. The van der Waals surface area contributed by atoms with E-state index in [0.717, 1.165) is 36.0 Å². The highest BCUT2D eigenvalue weighted by Crippen LogP contribution is 2.44. The van der Waals surface area contributed by atoms with Crippen LogP contribution in [0.5, 0.6) is 0 Å². The highest BCUT2D eigenvalue weighted by molar-refractivity contribution is 7.95. The third-order valence-electron chi connectivity index (χ3n) is 5.14. The van der Waals surface area contributed by atoms with Gasteiger partial charge in [-0.25, -0.2) is 8.42 Å². The summed E-state index contributed by atoms with van der Waals surface area (Å²) in [5, 5.41) is 0. The molecule has 26 heavy (non-hydrogen) atoms. The Morgan fingerprint density at radius 1 is 0.731 bits per heavy atom. The van der Waals surface area contributed by atoms with E-state index in [1.54, 1.807) is 24.3 Å². The van der Waals surface area contributed by atoms with Gasteiger partial charge in [0.15, 0.2) is 5.78 Å². The molecular weight excluding hydrogens is 344 g/mol. The standard InChI is InChI=1S/C22H20O3S/c23-20-15-19-18(22(20)16-9-3-1-4-10-16)13-7-8-14-21(19)26(24,25)17-11-5-2-6-12-17/h1-6,9-12H,7-8,13-15H2. The maximum absolute atomic E-state index is 13.2. The minimum Gasteiger partial charge on any atom is -0.294 e. The fraction of sp³-hybridized carbons (Fsp3) is 0.227. The second-order valence-electron chi connectivity index (χ2n) is 6.74. The maximum Gasteiger partial charge on any atom is 0.203 e. The predicted molar refractivity (Wildman–Crippen MR) is 102 cm³/mol. The van der Waals surface area contributed by atoms with Crippen LogP contribution in [0.15, 0.2) is 81.6 Å². The summed E-state index contributed by atoms with van der Waals surface area (Å²) in [4.78, 5) is 13.5. The van der Waals surface area contributed by atoms with Gasteiger partial charge in [0.2, 0.25) is 9.84 Å². The molecule has 2 aliphatic rings. The topological polar surface area (TPSA) is 51.2 Å². The van der Waals surface area contributed by atoms with Crippen molar-refractivity contribution < 1.29 is 13.2 Å². The molecule has 0 saturated heterocycles. The second-order valence-corrected chi connectivity index (χ2v) is 8.72. The Balaban J connectivity index is 1.92. The number of ketones is 1. The van der Waals surface area contributed by atoms with Gasteiger partial charge < -0.3 is 0 Å². The Kier molecular flexibility index (Phi) is 4.37. The number of hydrogen-bond acceptors (Lipinski definition) is 3. The van der Waals surface area contributed by atoms with Crippen molar-refractivity contribution in [2.45, 2.75) is 37.0 Å². The van der Waals surface area contributed by atoms with Crippen LogP contribution in [-0.2, 0) is 14.6 Å². The normalized spacial score (nSPS) is 18.1. The van der Waals surface area contributed by atoms with E-state index in [9.17, 15) is 13.2 Å². The predicted octanol–water partition coefficient (Wildman–Crippen LogP) is 4.72. The molecule has 0 aliphatic heterocycles. The van der Waals surface area contributed by atoms with Crippen molar-refractivity contribution in [3.8, 4) is 0 Å². The zero-order chi connectivity index (χ0) is 18.1. The highest BCUT2D eigenvalue weighted by atomic mass is 32.2. The van der Waals surface area contributed by atoms with Gasteiger partial charge in [-0.05, 0) is 54.5 Å². The molecule has 0 unspecified atom stereocenters. The smallest absolute Gasteiger partial charge is 0.203 e. The maximum atomic E-state index is 13.2. The van der Waals surface area contributed by atoms with Crippen LogP contribution < -0.4 is 0 Å². The largest absolute Gasteiger partial charge is 0.294 e. The van der Waals surface area contributed by atoms with Crippen LogP contribution in [0.3, 0.4) is 0 Å². The van der Waals surface area contributed by atoms with Gasteiger partial charge >= 0.3 is 0 Å². The third-order valence-corrected chi connectivity index (χ3v) is 7.13.